The Morgan fingerprint density at radius 3 is 2.57 bits per heavy atom. The zero-order valence-corrected chi connectivity index (χ0v) is 13.4. The van der Waals surface area contributed by atoms with Crippen LogP contribution >= 0.6 is 12.2 Å². The van der Waals surface area contributed by atoms with Gasteiger partial charge >= 0.3 is 0 Å². The summed E-state index contributed by atoms with van der Waals surface area (Å²) in [5.74, 6) is 1.54. The molecule has 0 amide bonds. The van der Waals surface area contributed by atoms with Gasteiger partial charge in [0.2, 0.25) is 0 Å². The lowest BCUT2D eigenvalue weighted by Crippen LogP contribution is -2.13. The number of aryl methyl sites for hydroxylation is 1. The minimum atomic E-state index is -0.168. The Labute approximate surface area is 138 Å². The van der Waals surface area contributed by atoms with Crippen molar-refractivity contribution in [2.24, 2.45) is 0 Å². The highest BCUT2D eigenvalue weighted by atomic mass is 32.1. The van der Waals surface area contributed by atoms with Gasteiger partial charge in [-0.05, 0) is 54.5 Å². The second-order valence-corrected chi connectivity index (χ2v) is 5.75. The van der Waals surface area contributed by atoms with Crippen molar-refractivity contribution in [3.8, 4) is 11.5 Å². The summed E-state index contributed by atoms with van der Waals surface area (Å²) in [7, 11) is 0. The summed E-state index contributed by atoms with van der Waals surface area (Å²) in [6, 6.07) is 15.6. The maximum atomic E-state index is 11.9. The van der Waals surface area contributed by atoms with Gasteiger partial charge in [0.1, 0.15) is 11.5 Å². The molecule has 23 heavy (non-hydrogen) atoms. The topological polar surface area (TPSA) is 57.9 Å². The first-order valence-corrected chi connectivity index (χ1v) is 7.65. The molecule has 5 heteroatoms. The van der Waals surface area contributed by atoms with Crippen LogP contribution in [-0.2, 0) is 6.42 Å². The summed E-state index contributed by atoms with van der Waals surface area (Å²) in [6.45, 7) is 2.02. The van der Waals surface area contributed by atoms with Crippen LogP contribution in [0.15, 0.2) is 59.5 Å². The fourth-order valence-electron chi connectivity index (χ4n) is 2.32. The molecule has 0 spiro atoms. The normalized spacial score (nSPS) is 10.5. The standard InChI is InChI=1S/C18H16N2O2S/c1-12-4-2-6-15(8-12)22-16-7-3-5-13(10-16)9-14-11-19-18(23)20-17(14)21/h2-8,10-11H,9H2,1H3,(H2,19,20,21,23). The first-order chi connectivity index (χ1) is 11.1. The number of H-pyrrole nitrogens is 2. The number of aromatic amines is 2. The Hall–Kier alpha value is -2.66. The van der Waals surface area contributed by atoms with Crippen molar-refractivity contribution in [3.63, 3.8) is 0 Å². The molecule has 116 valence electrons. The van der Waals surface area contributed by atoms with Gasteiger partial charge in [-0.25, -0.2) is 0 Å². The summed E-state index contributed by atoms with van der Waals surface area (Å²) in [4.78, 5) is 17.3. The van der Waals surface area contributed by atoms with Crippen LogP contribution in [0.5, 0.6) is 11.5 Å². The number of nitrogens with one attached hydrogen (secondary N) is 2. The Balaban J connectivity index is 1.82. The lowest BCUT2D eigenvalue weighted by Gasteiger charge is -2.08. The van der Waals surface area contributed by atoms with Crippen LogP contribution in [0.25, 0.3) is 0 Å². The monoisotopic (exact) mass is 324 g/mol. The Kier molecular flexibility index (Phi) is 4.39. The van der Waals surface area contributed by atoms with Gasteiger partial charge in [-0.15, -0.1) is 0 Å². The molecule has 0 atom stereocenters. The minimum Gasteiger partial charge on any atom is -0.457 e. The number of aromatic nitrogens is 2. The smallest absolute Gasteiger partial charge is 0.255 e. The highest BCUT2D eigenvalue weighted by molar-refractivity contribution is 7.71. The highest BCUT2D eigenvalue weighted by Gasteiger charge is 2.04. The van der Waals surface area contributed by atoms with E-state index in [1.165, 1.54) is 0 Å². The molecule has 0 unspecified atom stereocenters. The van der Waals surface area contributed by atoms with Crippen molar-refractivity contribution in [1.82, 2.24) is 9.97 Å². The molecule has 0 saturated heterocycles. The molecule has 0 aliphatic rings. The summed E-state index contributed by atoms with van der Waals surface area (Å²) in [5.41, 5.74) is 2.60. The zero-order valence-electron chi connectivity index (χ0n) is 12.6. The Bertz CT molecular complexity index is 944. The van der Waals surface area contributed by atoms with Crippen molar-refractivity contribution < 1.29 is 4.74 Å². The second-order valence-electron chi connectivity index (χ2n) is 5.34. The van der Waals surface area contributed by atoms with E-state index in [-0.39, 0.29) is 5.56 Å². The van der Waals surface area contributed by atoms with E-state index in [1.807, 2.05) is 55.5 Å². The van der Waals surface area contributed by atoms with Crippen molar-refractivity contribution >= 4 is 12.2 Å². The van der Waals surface area contributed by atoms with E-state index in [0.717, 1.165) is 22.6 Å². The molecule has 0 aliphatic heterocycles. The fourth-order valence-corrected chi connectivity index (χ4v) is 2.47. The Morgan fingerprint density at radius 2 is 1.83 bits per heavy atom. The van der Waals surface area contributed by atoms with Gasteiger partial charge in [-0.1, -0.05) is 24.3 Å². The van der Waals surface area contributed by atoms with Crippen molar-refractivity contribution in [2.75, 3.05) is 0 Å². The molecular formula is C18H16N2O2S. The highest BCUT2D eigenvalue weighted by Crippen LogP contribution is 2.23. The van der Waals surface area contributed by atoms with Crippen LogP contribution in [-0.4, -0.2) is 9.97 Å². The molecule has 1 aromatic heterocycles. The lowest BCUT2D eigenvalue weighted by molar-refractivity contribution is 0.481. The molecule has 2 aromatic carbocycles. The molecule has 0 bridgehead atoms. The zero-order chi connectivity index (χ0) is 16.2. The van der Waals surface area contributed by atoms with Crippen LogP contribution in [0.2, 0.25) is 0 Å². The molecule has 2 N–H and O–H groups in total. The van der Waals surface area contributed by atoms with Gasteiger partial charge in [0.25, 0.3) is 5.56 Å². The number of hydrogen-bond acceptors (Lipinski definition) is 3. The SMILES string of the molecule is Cc1cccc(Oc2cccc(Cc3c[nH]c(=S)[nH]c3=O)c2)c1. The first-order valence-electron chi connectivity index (χ1n) is 7.24. The van der Waals surface area contributed by atoms with Crippen molar-refractivity contribution in [2.45, 2.75) is 13.3 Å². The van der Waals surface area contributed by atoms with Gasteiger partial charge in [-0.2, -0.15) is 0 Å². The van der Waals surface area contributed by atoms with Crippen molar-refractivity contribution in [1.29, 1.82) is 0 Å². The van der Waals surface area contributed by atoms with Gasteiger partial charge in [0, 0.05) is 18.2 Å². The molecule has 3 aromatic rings. The van der Waals surface area contributed by atoms with E-state index in [0.29, 0.717) is 16.8 Å². The van der Waals surface area contributed by atoms with Gasteiger partial charge < -0.3 is 9.72 Å². The number of rotatable bonds is 4. The first kappa shape index (κ1) is 15.2. The molecule has 0 saturated carbocycles. The number of ether oxygens (including phenoxy) is 1. The molecule has 0 aliphatic carbocycles. The molecule has 1 heterocycles. The second kappa shape index (κ2) is 6.62. The largest absolute Gasteiger partial charge is 0.457 e. The van der Waals surface area contributed by atoms with Crippen molar-refractivity contribution in [3.05, 3.63) is 86.5 Å². The minimum absolute atomic E-state index is 0.168. The third-order valence-electron chi connectivity index (χ3n) is 3.41. The van der Waals surface area contributed by atoms with Crippen LogP contribution in [0.3, 0.4) is 0 Å². The van der Waals surface area contributed by atoms with E-state index in [4.69, 9.17) is 17.0 Å². The third-order valence-corrected chi connectivity index (χ3v) is 3.63. The molecule has 4 nitrogen and oxygen atoms in total. The third kappa shape index (κ3) is 3.96. The van der Waals surface area contributed by atoms with E-state index in [2.05, 4.69) is 9.97 Å². The fraction of sp³-hybridized carbons (Fsp3) is 0.111. The summed E-state index contributed by atoms with van der Waals surface area (Å²) >= 11 is 4.90. The predicted octanol–water partition coefficient (Wildman–Crippen LogP) is 4.12. The lowest BCUT2D eigenvalue weighted by atomic mass is 10.1. The van der Waals surface area contributed by atoms with Crippen LogP contribution < -0.4 is 10.3 Å². The van der Waals surface area contributed by atoms with Gasteiger partial charge in [0.15, 0.2) is 4.77 Å². The Morgan fingerprint density at radius 1 is 1.09 bits per heavy atom. The average Bonchev–Trinajstić information content (AvgIpc) is 2.51. The van der Waals surface area contributed by atoms with Crippen LogP contribution in [0.4, 0.5) is 0 Å². The molecular weight excluding hydrogens is 308 g/mol. The van der Waals surface area contributed by atoms with E-state index >= 15 is 0 Å². The molecule has 3 rings (SSSR count). The molecule has 0 radical (unpaired) electrons. The average molecular weight is 324 g/mol. The van der Waals surface area contributed by atoms with E-state index in [9.17, 15) is 4.79 Å². The van der Waals surface area contributed by atoms with Crippen LogP contribution in [0.1, 0.15) is 16.7 Å². The van der Waals surface area contributed by atoms with E-state index < -0.39 is 0 Å². The summed E-state index contributed by atoms with van der Waals surface area (Å²) < 4.78 is 6.21. The summed E-state index contributed by atoms with van der Waals surface area (Å²) in [5, 5.41) is 0. The maximum absolute atomic E-state index is 11.9. The van der Waals surface area contributed by atoms with E-state index in [1.54, 1.807) is 6.20 Å². The van der Waals surface area contributed by atoms with Gasteiger partial charge in [0.05, 0.1) is 0 Å². The maximum Gasteiger partial charge on any atom is 0.255 e. The summed E-state index contributed by atoms with van der Waals surface area (Å²) in [6.07, 6.45) is 2.15. The van der Waals surface area contributed by atoms with Gasteiger partial charge in [-0.3, -0.25) is 9.78 Å². The number of hydrogen-bond donors (Lipinski definition) is 2. The van der Waals surface area contributed by atoms with Crippen LogP contribution in [0, 0.1) is 11.7 Å². The predicted molar refractivity (Wildman–Crippen MR) is 92.7 cm³/mol. The quantitative estimate of drug-likeness (QED) is 0.710. The number of benzene rings is 2. The molecule has 0 fully saturated rings.